The highest BCUT2D eigenvalue weighted by molar-refractivity contribution is 5.98. The number of rotatable bonds is 5. The smallest absolute Gasteiger partial charge is 0.344 e. The first-order valence-corrected chi connectivity index (χ1v) is 4.96. The second-order valence-corrected chi connectivity index (χ2v) is 3.79. The van der Waals surface area contributed by atoms with Gasteiger partial charge in [-0.15, -0.1) is 0 Å². The van der Waals surface area contributed by atoms with Crippen LogP contribution in [0.4, 0.5) is 0 Å². The van der Waals surface area contributed by atoms with Crippen molar-refractivity contribution in [3.63, 3.8) is 0 Å². The Morgan fingerprint density at radius 1 is 1.60 bits per heavy atom. The number of carbonyl (C=O) groups excluding carboxylic acids is 1. The van der Waals surface area contributed by atoms with Crippen molar-refractivity contribution in [2.75, 3.05) is 20.7 Å². The van der Waals surface area contributed by atoms with Crippen molar-refractivity contribution < 1.29 is 14.6 Å². The van der Waals surface area contributed by atoms with Gasteiger partial charge in [0.1, 0.15) is 0 Å². The Balaban J connectivity index is 4.81. The second kappa shape index (κ2) is 5.70. The summed E-state index contributed by atoms with van der Waals surface area (Å²) in [4.78, 5) is 11.5. The van der Waals surface area contributed by atoms with E-state index in [0.29, 0.717) is 0 Å². The molecule has 0 amide bonds. The molecule has 1 unspecified atom stereocenters. The lowest BCUT2D eigenvalue weighted by molar-refractivity contribution is -0.160. The third-order valence-electron chi connectivity index (χ3n) is 1.97. The molecule has 1 atom stereocenters. The van der Waals surface area contributed by atoms with Crippen LogP contribution in [-0.2, 0) is 9.53 Å². The standard InChI is InChI=1S/C10H20N2O3/c1-6-15-9(13)10(14,8(2)3)7-11-12(4)5/h7-8,14H,6H2,1-5H3/b11-7+. The second-order valence-electron chi connectivity index (χ2n) is 3.79. The summed E-state index contributed by atoms with van der Waals surface area (Å²) < 4.78 is 4.80. The van der Waals surface area contributed by atoms with E-state index in [1.54, 1.807) is 34.9 Å². The predicted octanol–water partition coefficient (Wildman–Crippen LogP) is 0.484. The van der Waals surface area contributed by atoms with Crippen molar-refractivity contribution in [3.05, 3.63) is 0 Å². The van der Waals surface area contributed by atoms with Gasteiger partial charge in [0.2, 0.25) is 5.60 Å². The molecule has 0 heterocycles. The summed E-state index contributed by atoms with van der Waals surface area (Å²) in [7, 11) is 3.42. The molecule has 1 N–H and O–H groups in total. The van der Waals surface area contributed by atoms with Crippen molar-refractivity contribution in [2.45, 2.75) is 26.4 Å². The van der Waals surface area contributed by atoms with Gasteiger partial charge in [0.15, 0.2) is 0 Å². The van der Waals surface area contributed by atoms with Crippen LogP contribution in [0.5, 0.6) is 0 Å². The maximum atomic E-state index is 11.5. The van der Waals surface area contributed by atoms with Crippen molar-refractivity contribution in [2.24, 2.45) is 11.0 Å². The number of nitrogens with zero attached hydrogens (tertiary/aromatic N) is 2. The number of hydrogen-bond donors (Lipinski definition) is 1. The molecule has 88 valence electrons. The Labute approximate surface area is 90.7 Å². The van der Waals surface area contributed by atoms with Crippen LogP contribution < -0.4 is 0 Å². The van der Waals surface area contributed by atoms with Gasteiger partial charge in [-0.05, 0) is 12.8 Å². The molecule has 0 aliphatic heterocycles. The molecule has 0 radical (unpaired) electrons. The molecule has 0 aliphatic rings. The SMILES string of the molecule is CCOC(=O)C(O)(/C=N/N(C)C)C(C)C. The maximum Gasteiger partial charge on any atom is 0.344 e. The Hall–Kier alpha value is -1.10. The van der Waals surface area contributed by atoms with E-state index >= 15 is 0 Å². The van der Waals surface area contributed by atoms with Crippen LogP contribution in [0.2, 0.25) is 0 Å². The molecule has 0 saturated heterocycles. The van der Waals surface area contributed by atoms with Crippen molar-refractivity contribution in [3.8, 4) is 0 Å². The number of hydrazone groups is 1. The molecule has 15 heavy (non-hydrogen) atoms. The van der Waals surface area contributed by atoms with Crippen molar-refractivity contribution in [1.29, 1.82) is 0 Å². The van der Waals surface area contributed by atoms with Gasteiger partial charge in [-0.25, -0.2) is 4.79 Å². The van der Waals surface area contributed by atoms with E-state index in [0.717, 1.165) is 0 Å². The number of carbonyl (C=O) groups is 1. The minimum atomic E-state index is -1.65. The van der Waals surface area contributed by atoms with E-state index in [1.807, 2.05) is 0 Å². The van der Waals surface area contributed by atoms with Crippen LogP contribution in [0.1, 0.15) is 20.8 Å². The van der Waals surface area contributed by atoms with Gasteiger partial charge in [0, 0.05) is 14.1 Å². The molecule has 0 bridgehead atoms. The summed E-state index contributed by atoms with van der Waals surface area (Å²) in [5.41, 5.74) is -1.65. The van der Waals surface area contributed by atoms with Gasteiger partial charge in [-0.2, -0.15) is 5.10 Å². The first-order chi connectivity index (χ1) is 6.84. The third kappa shape index (κ3) is 3.87. The van der Waals surface area contributed by atoms with Gasteiger partial charge >= 0.3 is 5.97 Å². The highest BCUT2D eigenvalue weighted by Crippen LogP contribution is 2.17. The fourth-order valence-corrected chi connectivity index (χ4v) is 0.888. The number of esters is 1. The zero-order chi connectivity index (χ0) is 12.1. The average molecular weight is 216 g/mol. The molecular formula is C10H20N2O3. The van der Waals surface area contributed by atoms with Crippen LogP contribution in [0, 0.1) is 5.92 Å². The first-order valence-electron chi connectivity index (χ1n) is 4.96. The molecule has 0 spiro atoms. The Morgan fingerprint density at radius 3 is 2.47 bits per heavy atom. The van der Waals surface area contributed by atoms with E-state index in [1.165, 1.54) is 11.2 Å². The summed E-state index contributed by atoms with van der Waals surface area (Å²) in [6.45, 7) is 5.41. The normalized spacial score (nSPS) is 15.4. The average Bonchev–Trinajstić information content (AvgIpc) is 2.14. The zero-order valence-electron chi connectivity index (χ0n) is 10.0. The van der Waals surface area contributed by atoms with Crippen LogP contribution >= 0.6 is 0 Å². The predicted molar refractivity (Wildman–Crippen MR) is 58.6 cm³/mol. The van der Waals surface area contributed by atoms with Crippen LogP contribution in [0.25, 0.3) is 0 Å². The fraction of sp³-hybridized carbons (Fsp3) is 0.800. The summed E-state index contributed by atoms with van der Waals surface area (Å²) in [5.74, 6) is -0.953. The summed E-state index contributed by atoms with van der Waals surface area (Å²) in [6.07, 6.45) is 1.22. The molecule has 0 fully saturated rings. The van der Waals surface area contributed by atoms with E-state index in [-0.39, 0.29) is 12.5 Å². The minimum absolute atomic E-state index is 0.240. The summed E-state index contributed by atoms with van der Waals surface area (Å²) >= 11 is 0. The highest BCUT2D eigenvalue weighted by atomic mass is 16.5. The van der Waals surface area contributed by atoms with E-state index < -0.39 is 11.6 Å². The molecule has 0 saturated carbocycles. The van der Waals surface area contributed by atoms with Gasteiger partial charge in [0.05, 0.1) is 12.8 Å². The fourth-order valence-electron chi connectivity index (χ4n) is 0.888. The van der Waals surface area contributed by atoms with Gasteiger partial charge in [0.25, 0.3) is 0 Å². The lowest BCUT2D eigenvalue weighted by Crippen LogP contribution is -2.47. The number of ether oxygens (including phenoxy) is 1. The molecule has 0 rings (SSSR count). The molecule has 0 aromatic heterocycles. The van der Waals surface area contributed by atoms with Crippen molar-refractivity contribution in [1.82, 2.24) is 5.01 Å². The van der Waals surface area contributed by atoms with Gasteiger partial charge in [-0.1, -0.05) is 13.8 Å². The molecule has 0 aliphatic carbocycles. The summed E-state index contributed by atoms with van der Waals surface area (Å²) in [5, 5.41) is 15.5. The molecule has 0 aromatic carbocycles. The quantitative estimate of drug-likeness (QED) is 0.412. The van der Waals surface area contributed by atoms with Crippen LogP contribution in [0.15, 0.2) is 5.10 Å². The third-order valence-corrected chi connectivity index (χ3v) is 1.97. The molecule has 0 aromatic rings. The maximum absolute atomic E-state index is 11.5. The monoisotopic (exact) mass is 216 g/mol. The lowest BCUT2D eigenvalue weighted by Gasteiger charge is -2.25. The first kappa shape index (κ1) is 13.9. The largest absolute Gasteiger partial charge is 0.464 e. The van der Waals surface area contributed by atoms with Gasteiger partial charge < -0.3 is 14.9 Å². The Bertz CT molecular complexity index is 239. The Morgan fingerprint density at radius 2 is 2.13 bits per heavy atom. The number of aliphatic hydroxyl groups is 1. The van der Waals surface area contributed by atoms with Crippen molar-refractivity contribution >= 4 is 12.2 Å². The van der Waals surface area contributed by atoms with E-state index in [2.05, 4.69) is 5.10 Å². The summed E-state index contributed by atoms with van der Waals surface area (Å²) in [6, 6.07) is 0. The zero-order valence-corrected chi connectivity index (χ0v) is 10.0. The lowest BCUT2D eigenvalue weighted by atomic mass is 9.92. The number of hydrogen-bond acceptors (Lipinski definition) is 5. The molecule has 5 heteroatoms. The Kier molecular flexibility index (Phi) is 5.28. The van der Waals surface area contributed by atoms with Crippen LogP contribution in [0.3, 0.4) is 0 Å². The van der Waals surface area contributed by atoms with Gasteiger partial charge in [-0.3, -0.25) is 0 Å². The topological polar surface area (TPSA) is 62.1 Å². The molecule has 5 nitrogen and oxygen atoms in total. The molecular weight excluding hydrogens is 196 g/mol. The minimum Gasteiger partial charge on any atom is -0.464 e. The highest BCUT2D eigenvalue weighted by Gasteiger charge is 2.39. The van der Waals surface area contributed by atoms with Crippen LogP contribution in [-0.4, -0.2) is 48.6 Å². The van der Waals surface area contributed by atoms with E-state index in [9.17, 15) is 9.90 Å². The van der Waals surface area contributed by atoms with E-state index in [4.69, 9.17) is 4.74 Å².